The van der Waals surface area contributed by atoms with E-state index in [1.54, 1.807) is 67.6 Å². The van der Waals surface area contributed by atoms with Crippen LogP contribution in [0.4, 0.5) is 10.7 Å². The fraction of sp³-hybridized carbons (Fsp3) is 0.263. The molecule has 1 aliphatic rings. The number of rotatable bonds is 13. The fourth-order valence-electron chi connectivity index (χ4n) is 5.41. The quantitative estimate of drug-likeness (QED) is 0.0566. The summed E-state index contributed by atoms with van der Waals surface area (Å²) >= 11 is 2.77. The molecule has 1 aromatic heterocycles. The van der Waals surface area contributed by atoms with Crippen LogP contribution in [0.3, 0.4) is 0 Å². The molecule has 4 aromatic rings. The summed E-state index contributed by atoms with van der Waals surface area (Å²) in [7, 11) is 0. The molecule has 0 atom stereocenters. The number of nitrogens with one attached hydrogen (secondary N) is 3. The molecule has 49 heavy (non-hydrogen) atoms. The van der Waals surface area contributed by atoms with Gasteiger partial charge in [-0.2, -0.15) is 0 Å². The van der Waals surface area contributed by atoms with Crippen LogP contribution >= 0.6 is 23.1 Å². The van der Waals surface area contributed by atoms with Gasteiger partial charge in [0, 0.05) is 26.6 Å². The minimum Gasteiger partial charge on any atom is -0.493 e. The van der Waals surface area contributed by atoms with E-state index in [0.29, 0.717) is 39.7 Å². The SMILES string of the molecule is CCOC(=O)c1c(NC(=O)CSc2cccc(NC(=O)/C(=C\c3ccccc3OCC)NC(=O)c3ccccc3)c2)sc2c1CCCCC2. The number of amides is 3. The van der Waals surface area contributed by atoms with Crippen molar-refractivity contribution in [1.29, 1.82) is 0 Å². The van der Waals surface area contributed by atoms with Crippen LogP contribution in [0.2, 0.25) is 0 Å². The third-order valence-corrected chi connectivity index (χ3v) is 9.86. The highest BCUT2D eigenvalue weighted by Crippen LogP contribution is 2.38. The predicted molar refractivity (Wildman–Crippen MR) is 195 cm³/mol. The van der Waals surface area contributed by atoms with Crippen molar-refractivity contribution in [3.05, 3.63) is 112 Å². The van der Waals surface area contributed by atoms with Crippen molar-refractivity contribution in [2.24, 2.45) is 0 Å². The van der Waals surface area contributed by atoms with Crippen LogP contribution < -0.4 is 20.7 Å². The second-order valence-corrected chi connectivity index (χ2v) is 13.3. The molecule has 5 rings (SSSR count). The molecule has 1 heterocycles. The lowest BCUT2D eigenvalue weighted by molar-refractivity contribution is -0.114. The van der Waals surface area contributed by atoms with E-state index in [9.17, 15) is 19.2 Å². The van der Waals surface area contributed by atoms with Gasteiger partial charge in [0.15, 0.2) is 0 Å². The molecule has 254 valence electrons. The Kier molecular flexibility index (Phi) is 12.7. The maximum Gasteiger partial charge on any atom is 0.341 e. The van der Waals surface area contributed by atoms with Gasteiger partial charge in [0.2, 0.25) is 5.91 Å². The molecule has 3 aromatic carbocycles. The zero-order valence-electron chi connectivity index (χ0n) is 27.5. The van der Waals surface area contributed by atoms with Gasteiger partial charge in [-0.25, -0.2) is 4.79 Å². The van der Waals surface area contributed by atoms with E-state index < -0.39 is 17.8 Å². The Morgan fingerprint density at radius 1 is 0.857 bits per heavy atom. The Morgan fingerprint density at radius 2 is 1.63 bits per heavy atom. The minimum absolute atomic E-state index is 0.0326. The van der Waals surface area contributed by atoms with Crippen molar-refractivity contribution >= 4 is 63.6 Å². The number of hydrogen-bond donors (Lipinski definition) is 3. The van der Waals surface area contributed by atoms with Gasteiger partial charge in [-0.1, -0.05) is 48.9 Å². The molecule has 11 heteroatoms. The second kappa shape index (κ2) is 17.5. The Balaban J connectivity index is 1.29. The largest absolute Gasteiger partial charge is 0.493 e. The van der Waals surface area contributed by atoms with E-state index >= 15 is 0 Å². The molecule has 1 aliphatic carbocycles. The highest BCUT2D eigenvalue weighted by Gasteiger charge is 2.26. The molecule has 3 N–H and O–H groups in total. The molecule has 0 saturated heterocycles. The van der Waals surface area contributed by atoms with Crippen LogP contribution in [0.15, 0.2) is 89.5 Å². The third-order valence-electron chi connectivity index (χ3n) is 7.66. The Labute approximate surface area is 294 Å². The van der Waals surface area contributed by atoms with E-state index in [-0.39, 0.29) is 24.0 Å². The van der Waals surface area contributed by atoms with E-state index in [0.717, 1.165) is 47.4 Å². The number of anilines is 2. The van der Waals surface area contributed by atoms with Gasteiger partial charge in [0.05, 0.1) is 24.5 Å². The van der Waals surface area contributed by atoms with Crippen LogP contribution in [0.1, 0.15) is 69.8 Å². The summed E-state index contributed by atoms with van der Waals surface area (Å²) in [6.45, 7) is 4.34. The molecule has 0 fully saturated rings. The van der Waals surface area contributed by atoms with Gasteiger partial charge in [-0.05, 0) is 87.6 Å². The average molecular weight is 698 g/mol. The van der Waals surface area contributed by atoms with Gasteiger partial charge in [0.1, 0.15) is 16.4 Å². The van der Waals surface area contributed by atoms with Crippen LogP contribution in [-0.2, 0) is 27.2 Å². The lowest BCUT2D eigenvalue weighted by Crippen LogP contribution is -2.30. The fourth-order valence-corrected chi connectivity index (χ4v) is 7.46. The van der Waals surface area contributed by atoms with Crippen molar-refractivity contribution < 1.29 is 28.7 Å². The molecule has 0 aliphatic heterocycles. The van der Waals surface area contributed by atoms with Crippen molar-refractivity contribution in [2.45, 2.75) is 50.8 Å². The zero-order valence-corrected chi connectivity index (χ0v) is 29.1. The van der Waals surface area contributed by atoms with Gasteiger partial charge in [-0.15, -0.1) is 23.1 Å². The number of hydrogen-bond acceptors (Lipinski definition) is 8. The van der Waals surface area contributed by atoms with Gasteiger partial charge in [0.25, 0.3) is 11.8 Å². The standard InChI is InChI=1S/C38H39N3O6S2/c1-3-46-31-20-12-11-16-26(31)22-30(40-35(43)25-14-7-5-8-15-25)36(44)39-27-17-13-18-28(23-27)48-24-33(42)41-37-34(38(45)47-4-2)29-19-9-6-10-21-32(29)49-37/h5,7-8,11-18,20,22-23H,3-4,6,9-10,19,21,24H2,1-2H3,(H,39,44)(H,40,43)(H,41,42)/b30-22+. The summed E-state index contributed by atoms with van der Waals surface area (Å²) in [6, 6.07) is 23.0. The number of aryl methyl sites for hydroxylation is 1. The number of ether oxygens (including phenoxy) is 2. The second-order valence-electron chi connectivity index (χ2n) is 11.2. The smallest absolute Gasteiger partial charge is 0.341 e. The summed E-state index contributed by atoms with van der Waals surface area (Å²) in [5, 5.41) is 9.13. The van der Waals surface area contributed by atoms with Crippen LogP contribution in [0.5, 0.6) is 5.75 Å². The maximum absolute atomic E-state index is 13.6. The number of fused-ring (bicyclic) bond motifs is 1. The summed E-state index contributed by atoms with van der Waals surface area (Å²) in [5.74, 6) is -0.937. The van der Waals surface area contributed by atoms with Crippen molar-refractivity contribution in [3.63, 3.8) is 0 Å². The molecule has 0 bridgehead atoms. The number of benzene rings is 3. The predicted octanol–water partition coefficient (Wildman–Crippen LogP) is 7.73. The van der Waals surface area contributed by atoms with Gasteiger partial charge >= 0.3 is 5.97 Å². The molecule has 0 saturated carbocycles. The lowest BCUT2D eigenvalue weighted by atomic mass is 10.1. The number of carbonyl (C=O) groups excluding carboxylic acids is 4. The summed E-state index contributed by atoms with van der Waals surface area (Å²) in [5.41, 5.74) is 3.04. The first-order valence-electron chi connectivity index (χ1n) is 16.3. The maximum atomic E-state index is 13.6. The highest BCUT2D eigenvalue weighted by atomic mass is 32.2. The lowest BCUT2D eigenvalue weighted by Gasteiger charge is -2.13. The third kappa shape index (κ3) is 9.61. The number of thioether (sulfide) groups is 1. The van der Waals surface area contributed by atoms with E-state index in [1.807, 2.05) is 31.2 Å². The number of esters is 1. The van der Waals surface area contributed by atoms with E-state index in [1.165, 1.54) is 23.1 Å². The van der Waals surface area contributed by atoms with Crippen molar-refractivity contribution in [2.75, 3.05) is 29.6 Å². The first-order chi connectivity index (χ1) is 23.9. The average Bonchev–Trinajstić information content (AvgIpc) is 3.28. The monoisotopic (exact) mass is 697 g/mol. The Morgan fingerprint density at radius 3 is 2.43 bits per heavy atom. The number of carbonyl (C=O) groups is 4. The molecule has 0 unspecified atom stereocenters. The summed E-state index contributed by atoms with van der Waals surface area (Å²) in [4.78, 5) is 54.6. The molecule has 0 radical (unpaired) electrons. The topological polar surface area (TPSA) is 123 Å². The molecular formula is C38H39N3O6S2. The van der Waals surface area contributed by atoms with Gasteiger partial charge in [-0.3, -0.25) is 14.4 Å². The minimum atomic E-state index is -0.528. The Hall–Kier alpha value is -4.87. The molecular weight excluding hydrogens is 659 g/mol. The van der Waals surface area contributed by atoms with Crippen LogP contribution in [0.25, 0.3) is 6.08 Å². The summed E-state index contributed by atoms with van der Waals surface area (Å²) < 4.78 is 11.1. The van der Waals surface area contributed by atoms with Gasteiger partial charge < -0.3 is 25.4 Å². The van der Waals surface area contributed by atoms with Crippen molar-refractivity contribution in [1.82, 2.24) is 5.32 Å². The first-order valence-corrected chi connectivity index (χ1v) is 18.1. The number of para-hydroxylation sites is 1. The Bertz CT molecular complexity index is 1840. The van der Waals surface area contributed by atoms with Crippen molar-refractivity contribution in [3.8, 4) is 5.75 Å². The molecule has 0 spiro atoms. The molecule has 3 amide bonds. The first kappa shape index (κ1) is 35.4. The van der Waals surface area contributed by atoms with E-state index in [4.69, 9.17) is 9.47 Å². The van der Waals surface area contributed by atoms with Crippen LogP contribution in [-0.4, -0.2) is 42.7 Å². The highest BCUT2D eigenvalue weighted by molar-refractivity contribution is 8.00. The number of thiophene rings is 1. The van der Waals surface area contributed by atoms with E-state index in [2.05, 4.69) is 16.0 Å². The summed E-state index contributed by atoms with van der Waals surface area (Å²) in [6.07, 6.45) is 6.45. The molecule has 9 nitrogen and oxygen atoms in total. The normalized spacial score (nSPS) is 12.7. The van der Waals surface area contributed by atoms with Crippen LogP contribution in [0, 0.1) is 0 Å². The zero-order chi connectivity index (χ0) is 34.6.